The molecule has 0 amide bonds. The molecule has 0 saturated carbocycles. The predicted molar refractivity (Wildman–Crippen MR) is 103 cm³/mol. The molecule has 5 aromatic rings. The van der Waals surface area contributed by atoms with Gasteiger partial charge in [-0.25, -0.2) is 29.1 Å². The van der Waals surface area contributed by atoms with Crippen LogP contribution in [0.5, 0.6) is 5.75 Å². The van der Waals surface area contributed by atoms with Gasteiger partial charge in [-0.1, -0.05) is 12.1 Å². The van der Waals surface area contributed by atoms with Gasteiger partial charge in [0.25, 0.3) is 0 Å². The first-order valence-corrected chi connectivity index (χ1v) is 9.22. The number of imidazole rings is 2. The zero-order chi connectivity index (χ0) is 20.2. The SMILES string of the molecule is O=c1[nH]c2cnc(-n3cnc4ncncc43)nc2n1C1CCOc2c(F)cccc21. The second kappa shape index (κ2) is 6.17. The van der Waals surface area contributed by atoms with Gasteiger partial charge in [-0.3, -0.25) is 9.13 Å². The monoisotopic (exact) mass is 404 g/mol. The van der Waals surface area contributed by atoms with Crippen LogP contribution in [0.1, 0.15) is 18.0 Å². The molecule has 1 atom stereocenters. The number of nitrogens with one attached hydrogen (secondary N) is 1. The topological polar surface area (TPSA) is 116 Å². The molecule has 1 aromatic carbocycles. The Morgan fingerprint density at radius 3 is 3.07 bits per heavy atom. The van der Waals surface area contributed by atoms with Crippen LogP contribution in [0.15, 0.2) is 48.0 Å². The zero-order valence-corrected chi connectivity index (χ0v) is 15.4. The molecule has 0 aliphatic carbocycles. The number of aromatic amines is 1. The van der Waals surface area contributed by atoms with Gasteiger partial charge in [0, 0.05) is 12.0 Å². The highest BCUT2D eigenvalue weighted by molar-refractivity contribution is 5.73. The Morgan fingerprint density at radius 1 is 1.20 bits per heavy atom. The third-order valence-corrected chi connectivity index (χ3v) is 5.19. The van der Waals surface area contributed by atoms with Gasteiger partial charge >= 0.3 is 5.69 Å². The first kappa shape index (κ1) is 16.8. The lowest BCUT2D eigenvalue weighted by atomic mass is 10.00. The van der Waals surface area contributed by atoms with Crippen LogP contribution in [0.4, 0.5) is 4.39 Å². The van der Waals surface area contributed by atoms with Crippen LogP contribution in [0, 0.1) is 5.82 Å². The number of fused-ring (bicyclic) bond motifs is 3. The van der Waals surface area contributed by atoms with Gasteiger partial charge in [0.2, 0.25) is 5.95 Å². The lowest BCUT2D eigenvalue weighted by Gasteiger charge is -2.26. The van der Waals surface area contributed by atoms with Crippen molar-refractivity contribution in [2.45, 2.75) is 12.5 Å². The highest BCUT2D eigenvalue weighted by atomic mass is 19.1. The van der Waals surface area contributed by atoms with Crippen molar-refractivity contribution >= 4 is 22.3 Å². The fourth-order valence-electron chi connectivity index (χ4n) is 3.87. The van der Waals surface area contributed by atoms with E-state index in [1.54, 1.807) is 29.2 Å². The number of aromatic nitrogens is 8. The van der Waals surface area contributed by atoms with E-state index in [-0.39, 0.29) is 11.4 Å². The summed E-state index contributed by atoms with van der Waals surface area (Å²) in [6.45, 7) is 0.291. The van der Waals surface area contributed by atoms with E-state index in [0.29, 0.717) is 46.9 Å². The van der Waals surface area contributed by atoms with Crippen molar-refractivity contribution in [2.24, 2.45) is 0 Å². The molecule has 30 heavy (non-hydrogen) atoms. The number of hydrogen-bond donors (Lipinski definition) is 1. The van der Waals surface area contributed by atoms with Gasteiger partial charge in [-0.05, 0) is 6.07 Å². The molecule has 0 radical (unpaired) electrons. The number of para-hydroxylation sites is 1. The number of ether oxygens (including phenoxy) is 1. The van der Waals surface area contributed by atoms with Crippen LogP contribution in [0.2, 0.25) is 0 Å². The second-order valence-corrected chi connectivity index (χ2v) is 6.86. The van der Waals surface area contributed by atoms with E-state index in [1.165, 1.54) is 23.2 Å². The summed E-state index contributed by atoms with van der Waals surface area (Å²) in [5.41, 5.74) is 2.29. The summed E-state index contributed by atoms with van der Waals surface area (Å²) >= 11 is 0. The molecule has 1 N–H and O–H groups in total. The highest BCUT2D eigenvalue weighted by Gasteiger charge is 2.28. The normalized spacial score (nSPS) is 16.0. The highest BCUT2D eigenvalue weighted by Crippen LogP contribution is 2.36. The van der Waals surface area contributed by atoms with E-state index < -0.39 is 11.9 Å². The molecule has 0 bridgehead atoms. The molecule has 1 aliphatic rings. The fraction of sp³-hybridized carbons (Fsp3) is 0.158. The number of halogens is 1. The molecule has 1 aliphatic heterocycles. The van der Waals surface area contributed by atoms with Crippen LogP contribution in [-0.2, 0) is 0 Å². The zero-order valence-electron chi connectivity index (χ0n) is 15.4. The Kier molecular flexibility index (Phi) is 3.45. The first-order chi connectivity index (χ1) is 14.7. The van der Waals surface area contributed by atoms with Crippen molar-refractivity contribution in [1.29, 1.82) is 0 Å². The molecule has 0 saturated heterocycles. The van der Waals surface area contributed by atoms with Crippen LogP contribution < -0.4 is 10.4 Å². The second-order valence-electron chi connectivity index (χ2n) is 6.86. The number of benzene rings is 1. The minimum Gasteiger partial charge on any atom is -0.490 e. The Bertz CT molecular complexity index is 1490. The summed E-state index contributed by atoms with van der Waals surface area (Å²) in [5.74, 6) is 0.0337. The fourth-order valence-corrected chi connectivity index (χ4v) is 3.87. The molecule has 148 valence electrons. The molecule has 4 aromatic heterocycles. The summed E-state index contributed by atoms with van der Waals surface area (Å²) in [5, 5.41) is 0. The Morgan fingerprint density at radius 2 is 2.13 bits per heavy atom. The van der Waals surface area contributed by atoms with Crippen LogP contribution in [0.25, 0.3) is 28.3 Å². The molecule has 5 heterocycles. The number of rotatable bonds is 2. The lowest BCUT2D eigenvalue weighted by Crippen LogP contribution is -2.28. The molecule has 0 spiro atoms. The molecular weight excluding hydrogens is 391 g/mol. The van der Waals surface area contributed by atoms with Crippen molar-refractivity contribution in [2.75, 3.05) is 6.61 Å². The Hall–Kier alpha value is -4.15. The van der Waals surface area contributed by atoms with E-state index in [4.69, 9.17) is 4.74 Å². The van der Waals surface area contributed by atoms with Gasteiger partial charge in [0.15, 0.2) is 22.9 Å². The number of H-pyrrole nitrogens is 1. The van der Waals surface area contributed by atoms with Crippen LogP contribution in [0.3, 0.4) is 0 Å². The third kappa shape index (κ3) is 2.35. The summed E-state index contributed by atoms with van der Waals surface area (Å²) < 4.78 is 22.9. The summed E-state index contributed by atoms with van der Waals surface area (Å²) in [7, 11) is 0. The van der Waals surface area contributed by atoms with Gasteiger partial charge in [0.1, 0.15) is 23.7 Å². The minimum atomic E-state index is -0.453. The van der Waals surface area contributed by atoms with E-state index in [1.807, 2.05) is 0 Å². The number of nitrogens with zero attached hydrogens (tertiary/aromatic N) is 7. The first-order valence-electron chi connectivity index (χ1n) is 9.22. The van der Waals surface area contributed by atoms with Crippen LogP contribution >= 0.6 is 0 Å². The van der Waals surface area contributed by atoms with Crippen molar-refractivity contribution < 1.29 is 9.13 Å². The van der Waals surface area contributed by atoms with E-state index in [2.05, 4.69) is 29.9 Å². The maximum atomic E-state index is 14.2. The Balaban J connectivity index is 1.57. The minimum absolute atomic E-state index is 0.169. The molecule has 6 rings (SSSR count). The lowest BCUT2D eigenvalue weighted by molar-refractivity contribution is 0.244. The molecule has 11 heteroatoms. The average molecular weight is 404 g/mol. The summed E-state index contributed by atoms with van der Waals surface area (Å²) in [6, 6.07) is 4.28. The van der Waals surface area contributed by atoms with Gasteiger partial charge in [0.05, 0.1) is 25.0 Å². The van der Waals surface area contributed by atoms with Crippen molar-refractivity contribution in [3.8, 4) is 11.7 Å². The molecule has 10 nitrogen and oxygen atoms in total. The van der Waals surface area contributed by atoms with E-state index in [0.717, 1.165) is 0 Å². The largest absolute Gasteiger partial charge is 0.490 e. The summed E-state index contributed by atoms with van der Waals surface area (Å²) in [4.78, 5) is 36.9. The smallest absolute Gasteiger partial charge is 0.328 e. The molecular formula is C19H13FN8O2. The van der Waals surface area contributed by atoms with Crippen molar-refractivity contribution in [1.82, 2.24) is 39.0 Å². The average Bonchev–Trinajstić information content (AvgIpc) is 3.33. The van der Waals surface area contributed by atoms with Crippen molar-refractivity contribution in [3.63, 3.8) is 0 Å². The maximum Gasteiger partial charge on any atom is 0.328 e. The van der Waals surface area contributed by atoms with Crippen LogP contribution in [-0.4, -0.2) is 45.6 Å². The number of hydrogen-bond acceptors (Lipinski definition) is 7. The van der Waals surface area contributed by atoms with Gasteiger partial charge in [-0.2, -0.15) is 4.98 Å². The molecule has 0 fully saturated rings. The quantitative estimate of drug-likeness (QED) is 0.476. The summed E-state index contributed by atoms with van der Waals surface area (Å²) in [6.07, 6.45) is 6.62. The van der Waals surface area contributed by atoms with Gasteiger partial charge in [-0.15, -0.1) is 0 Å². The van der Waals surface area contributed by atoms with Gasteiger partial charge < -0.3 is 9.72 Å². The Labute approximate surface area is 167 Å². The standard InChI is InChI=1S/C19H13FN8O2/c20-11-3-1-2-10-13(4-5-30-15(10)11)28-17-12(25-19(28)29)6-22-18(26-17)27-9-24-16-14(27)7-21-8-23-16/h1-3,6-9,13H,4-5H2,(H,25,29). The van der Waals surface area contributed by atoms with E-state index in [9.17, 15) is 9.18 Å². The van der Waals surface area contributed by atoms with E-state index >= 15 is 0 Å². The maximum absolute atomic E-state index is 14.2. The third-order valence-electron chi connectivity index (χ3n) is 5.19. The predicted octanol–water partition coefficient (Wildman–Crippen LogP) is 1.76. The van der Waals surface area contributed by atoms with Crippen molar-refractivity contribution in [3.05, 3.63) is 65.1 Å². The molecule has 1 unspecified atom stereocenters.